The summed E-state index contributed by atoms with van der Waals surface area (Å²) in [5.41, 5.74) is 5.57. The van der Waals surface area contributed by atoms with Crippen LogP contribution in [0.25, 0.3) is 0 Å². The molecule has 0 bridgehead atoms. The molecule has 0 aliphatic rings. The van der Waals surface area contributed by atoms with Crippen molar-refractivity contribution in [2.45, 2.75) is 25.8 Å². The minimum Gasteiger partial charge on any atom is -0.355 e. The van der Waals surface area contributed by atoms with Crippen molar-refractivity contribution in [3.63, 3.8) is 0 Å². The second-order valence-electron chi connectivity index (χ2n) is 4.74. The highest BCUT2D eigenvalue weighted by Crippen LogP contribution is 2.20. The molecule has 20 heavy (non-hydrogen) atoms. The monoisotopic (exact) mass is 341 g/mol. The Morgan fingerprint density at radius 3 is 2.40 bits per heavy atom. The first-order valence-corrected chi connectivity index (χ1v) is 7.27. The van der Waals surface area contributed by atoms with Crippen LogP contribution in [-0.4, -0.2) is 24.9 Å². The predicted molar refractivity (Wildman–Crippen MR) is 82.0 cm³/mol. The van der Waals surface area contributed by atoms with Gasteiger partial charge in [0.15, 0.2) is 0 Å². The first-order valence-electron chi connectivity index (χ1n) is 6.48. The van der Waals surface area contributed by atoms with Gasteiger partial charge in [0, 0.05) is 11.0 Å². The summed E-state index contributed by atoms with van der Waals surface area (Å²) in [5.74, 6) is -0.599. The van der Waals surface area contributed by atoms with Gasteiger partial charge in [-0.3, -0.25) is 9.59 Å². The van der Waals surface area contributed by atoms with E-state index in [4.69, 9.17) is 5.73 Å². The van der Waals surface area contributed by atoms with Crippen LogP contribution in [0, 0.1) is 0 Å². The van der Waals surface area contributed by atoms with Crippen molar-refractivity contribution in [1.82, 2.24) is 10.6 Å². The van der Waals surface area contributed by atoms with Crippen molar-refractivity contribution in [2.24, 2.45) is 5.73 Å². The molecular formula is C14H20BrN3O2. The number of nitrogens with one attached hydrogen (secondary N) is 2. The molecule has 0 aromatic heterocycles. The molecule has 1 atom stereocenters. The minimum absolute atomic E-state index is 0.0673. The van der Waals surface area contributed by atoms with Gasteiger partial charge in [-0.1, -0.05) is 35.0 Å². The number of hydrogen-bond acceptors (Lipinski definition) is 3. The lowest BCUT2D eigenvalue weighted by atomic mass is 9.92. The zero-order chi connectivity index (χ0) is 15.2. The van der Waals surface area contributed by atoms with Gasteiger partial charge in [0.2, 0.25) is 11.8 Å². The van der Waals surface area contributed by atoms with E-state index in [2.05, 4.69) is 26.6 Å². The third-order valence-corrected chi connectivity index (χ3v) is 3.43. The number of rotatable bonds is 6. The lowest BCUT2D eigenvalue weighted by Gasteiger charge is -2.24. The van der Waals surface area contributed by atoms with Crippen LogP contribution < -0.4 is 16.4 Å². The van der Waals surface area contributed by atoms with E-state index in [9.17, 15) is 9.59 Å². The number of carbonyl (C=O) groups is 2. The molecule has 5 nitrogen and oxygen atoms in total. The first-order chi connectivity index (χ1) is 9.37. The summed E-state index contributed by atoms with van der Waals surface area (Å²) in [6, 6.07) is 7.20. The maximum atomic E-state index is 12.1. The zero-order valence-electron chi connectivity index (χ0n) is 11.7. The highest BCUT2D eigenvalue weighted by atomic mass is 79.9. The van der Waals surface area contributed by atoms with Crippen LogP contribution in [0.15, 0.2) is 28.7 Å². The summed E-state index contributed by atoms with van der Waals surface area (Å²) in [7, 11) is 0. The van der Waals surface area contributed by atoms with Crippen LogP contribution in [0.3, 0.4) is 0 Å². The molecular weight excluding hydrogens is 322 g/mol. The van der Waals surface area contributed by atoms with Gasteiger partial charge < -0.3 is 16.4 Å². The van der Waals surface area contributed by atoms with Crippen molar-refractivity contribution in [3.05, 3.63) is 34.3 Å². The molecule has 110 valence electrons. The fourth-order valence-corrected chi connectivity index (χ4v) is 1.86. The molecule has 2 amide bonds. The molecule has 6 heteroatoms. The van der Waals surface area contributed by atoms with Crippen LogP contribution in [0.4, 0.5) is 0 Å². The molecule has 0 saturated carbocycles. The van der Waals surface area contributed by atoms with Crippen LogP contribution in [-0.2, 0) is 15.1 Å². The Morgan fingerprint density at radius 2 is 1.85 bits per heavy atom. The summed E-state index contributed by atoms with van der Waals surface area (Å²) in [4.78, 5) is 23.5. The molecule has 1 aromatic carbocycles. The van der Waals surface area contributed by atoms with Crippen molar-refractivity contribution < 1.29 is 9.59 Å². The summed E-state index contributed by atoms with van der Waals surface area (Å²) >= 11 is 3.33. The highest BCUT2D eigenvalue weighted by Gasteiger charge is 2.30. The summed E-state index contributed by atoms with van der Waals surface area (Å²) in [6.07, 6.45) is 0.854. The standard InChI is InChI=1S/C14H20BrN3O2/c1-3-8-17-12(19)9-18-13(20)14(2,16)10-4-6-11(15)7-5-10/h4-7H,3,8-9,16H2,1-2H3,(H,17,19)(H,18,20). The van der Waals surface area contributed by atoms with E-state index in [0.29, 0.717) is 12.1 Å². The van der Waals surface area contributed by atoms with Gasteiger partial charge in [-0.05, 0) is 31.0 Å². The van der Waals surface area contributed by atoms with Gasteiger partial charge in [0.1, 0.15) is 5.54 Å². The van der Waals surface area contributed by atoms with E-state index in [-0.39, 0.29) is 18.4 Å². The Labute approximate surface area is 127 Å². The number of halogens is 1. The largest absolute Gasteiger partial charge is 0.355 e. The van der Waals surface area contributed by atoms with E-state index >= 15 is 0 Å². The molecule has 1 unspecified atom stereocenters. The predicted octanol–water partition coefficient (Wildman–Crippen LogP) is 1.27. The smallest absolute Gasteiger partial charge is 0.244 e. The number of carbonyl (C=O) groups excluding carboxylic acids is 2. The topological polar surface area (TPSA) is 84.2 Å². The lowest BCUT2D eigenvalue weighted by molar-refractivity contribution is -0.129. The zero-order valence-corrected chi connectivity index (χ0v) is 13.3. The minimum atomic E-state index is -1.17. The molecule has 0 aliphatic carbocycles. The van der Waals surface area contributed by atoms with E-state index in [0.717, 1.165) is 10.9 Å². The van der Waals surface area contributed by atoms with Gasteiger partial charge in [0.05, 0.1) is 6.54 Å². The van der Waals surface area contributed by atoms with Gasteiger partial charge in [0.25, 0.3) is 0 Å². The number of hydrogen-bond donors (Lipinski definition) is 3. The van der Waals surface area contributed by atoms with Crippen LogP contribution >= 0.6 is 15.9 Å². The maximum absolute atomic E-state index is 12.1. The van der Waals surface area contributed by atoms with Crippen LogP contribution in [0.5, 0.6) is 0 Å². The van der Waals surface area contributed by atoms with Crippen molar-refractivity contribution in [2.75, 3.05) is 13.1 Å². The van der Waals surface area contributed by atoms with Crippen molar-refractivity contribution >= 4 is 27.7 Å². The first kappa shape index (κ1) is 16.7. The normalized spacial score (nSPS) is 13.4. The molecule has 0 saturated heterocycles. The Morgan fingerprint density at radius 1 is 1.25 bits per heavy atom. The molecule has 0 aliphatic heterocycles. The average molecular weight is 342 g/mol. The van der Waals surface area contributed by atoms with E-state index < -0.39 is 5.54 Å². The van der Waals surface area contributed by atoms with Crippen molar-refractivity contribution in [3.8, 4) is 0 Å². The molecule has 0 radical (unpaired) electrons. The lowest BCUT2D eigenvalue weighted by Crippen LogP contribution is -2.51. The molecule has 0 heterocycles. The summed E-state index contributed by atoms with van der Waals surface area (Å²) < 4.78 is 0.913. The molecule has 1 aromatic rings. The van der Waals surface area contributed by atoms with E-state index in [1.54, 1.807) is 19.1 Å². The Bertz CT molecular complexity index is 472. The van der Waals surface area contributed by atoms with Crippen LogP contribution in [0.1, 0.15) is 25.8 Å². The quantitative estimate of drug-likeness (QED) is 0.728. The Kier molecular flexibility index (Phi) is 6.16. The third kappa shape index (κ3) is 4.61. The summed E-state index contributed by atoms with van der Waals surface area (Å²) in [6.45, 7) is 4.11. The average Bonchev–Trinajstić information content (AvgIpc) is 2.42. The van der Waals surface area contributed by atoms with Gasteiger partial charge in [-0.15, -0.1) is 0 Å². The van der Waals surface area contributed by atoms with Gasteiger partial charge in [-0.2, -0.15) is 0 Å². The highest BCUT2D eigenvalue weighted by molar-refractivity contribution is 9.10. The number of nitrogens with two attached hydrogens (primary N) is 1. The van der Waals surface area contributed by atoms with E-state index in [1.807, 2.05) is 19.1 Å². The number of amides is 2. The fourth-order valence-electron chi connectivity index (χ4n) is 1.60. The van der Waals surface area contributed by atoms with Crippen molar-refractivity contribution in [1.29, 1.82) is 0 Å². The second-order valence-corrected chi connectivity index (χ2v) is 5.66. The third-order valence-electron chi connectivity index (χ3n) is 2.90. The second kappa shape index (κ2) is 7.40. The molecule has 1 rings (SSSR count). The Hall–Kier alpha value is -1.40. The SMILES string of the molecule is CCCNC(=O)CNC(=O)C(C)(N)c1ccc(Br)cc1. The summed E-state index contributed by atoms with van der Waals surface area (Å²) in [5, 5.41) is 5.24. The Balaban J connectivity index is 2.61. The molecule has 0 fully saturated rings. The molecule has 0 spiro atoms. The van der Waals surface area contributed by atoms with E-state index in [1.165, 1.54) is 0 Å². The molecule has 4 N–H and O–H groups in total. The number of benzene rings is 1. The maximum Gasteiger partial charge on any atom is 0.244 e. The fraction of sp³-hybridized carbons (Fsp3) is 0.429. The van der Waals surface area contributed by atoms with Crippen LogP contribution in [0.2, 0.25) is 0 Å². The van der Waals surface area contributed by atoms with Gasteiger partial charge in [-0.25, -0.2) is 0 Å². The van der Waals surface area contributed by atoms with Gasteiger partial charge >= 0.3 is 0 Å².